The van der Waals surface area contributed by atoms with Gasteiger partial charge in [-0.2, -0.15) is 13.2 Å². The number of carbonyl (C=O) groups is 2. The molecule has 0 saturated heterocycles. The van der Waals surface area contributed by atoms with Crippen LogP contribution < -0.4 is 4.74 Å². The summed E-state index contributed by atoms with van der Waals surface area (Å²) in [5, 5.41) is 9.45. The predicted molar refractivity (Wildman–Crippen MR) is 105 cm³/mol. The zero-order valence-corrected chi connectivity index (χ0v) is 18.3. The van der Waals surface area contributed by atoms with Crippen molar-refractivity contribution in [1.82, 2.24) is 0 Å². The first kappa shape index (κ1) is 26.0. The normalized spacial score (nSPS) is 16.0. The van der Waals surface area contributed by atoms with E-state index in [2.05, 4.69) is 19.0 Å². The molecule has 0 saturated carbocycles. The number of carbonyl (C=O) groups excluding carboxylic acids is 2. The van der Waals surface area contributed by atoms with Crippen LogP contribution in [-0.2, 0) is 23.8 Å². The van der Waals surface area contributed by atoms with Crippen LogP contribution in [-0.4, -0.2) is 49.0 Å². The molecule has 10 nitrogen and oxygen atoms in total. The van der Waals surface area contributed by atoms with Gasteiger partial charge in [-0.25, -0.2) is 9.59 Å². The van der Waals surface area contributed by atoms with Crippen LogP contribution >= 0.6 is 11.6 Å². The minimum absolute atomic E-state index is 0.0336. The average molecular weight is 498 g/mol. The molecule has 0 spiro atoms. The summed E-state index contributed by atoms with van der Waals surface area (Å²) in [4.78, 5) is 38.1. The molecule has 0 radical (unpaired) electrons. The monoisotopic (exact) mass is 497 g/mol. The maximum atomic E-state index is 13.5. The first-order chi connectivity index (χ1) is 15.3. The molecule has 1 heterocycles. The Hall–Kier alpha value is -3.22. The Kier molecular flexibility index (Phi) is 8.36. The molecular formula is C19H19ClF3NO9. The van der Waals surface area contributed by atoms with Crippen LogP contribution in [0.2, 0.25) is 5.02 Å². The fraction of sp³-hybridized carbons (Fsp3) is 0.474. The van der Waals surface area contributed by atoms with Crippen LogP contribution in [0, 0.1) is 24.0 Å². The maximum Gasteiger partial charge on any atom is 0.511 e. The second-order valence-corrected chi connectivity index (χ2v) is 7.28. The van der Waals surface area contributed by atoms with Crippen molar-refractivity contribution in [1.29, 1.82) is 0 Å². The smallest absolute Gasteiger partial charge is 0.475 e. The number of benzene rings is 1. The molecule has 0 aromatic heterocycles. The number of aryl methyl sites for hydroxylation is 1. The number of fused-ring (bicyclic) bond motifs is 1. The molecule has 1 aromatic carbocycles. The fourth-order valence-corrected chi connectivity index (χ4v) is 2.96. The van der Waals surface area contributed by atoms with Gasteiger partial charge in [0.1, 0.15) is 11.9 Å². The molecule has 0 fully saturated rings. The van der Waals surface area contributed by atoms with E-state index in [-0.39, 0.29) is 24.3 Å². The number of esters is 1. The molecule has 182 valence electrons. The topological polar surface area (TPSA) is 123 Å². The quantitative estimate of drug-likeness (QED) is 0.224. The Balaban J connectivity index is 2.01. The van der Waals surface area contributed by atoms with Gasteiger partial charge in [-0.15, -0.1) is 10.1 Å². The molecular weight excluding hydrogens is 479 g/mol. The third-order valence-electron chi connectivity index (χ3n) is 4.43. The molecule has 0 N–H and O–H groups in total. The van der Waals surface area contributed by atoms with E-state index in [1.54, 1.807) is 13.8 Å². The van der Waals surface area contributed by atoms with Gasteiger partial charge in [0, 0.05) is 17.0 Å². The van der Waals surface area contributed by atoms with Gasteiger partial charge in [-0.05, 0) is 44.0 Å². The van der Waals surface area contributed by atoms with Crippen LogP contribution in [0.3, 0.4) is 0 Å². The van der Waals surface area contributed by atoms with E-state index in [4.69, 9.17) is 16.3 Å². The van der Waals surface area contributed by atoms with Crippen LogP contribution in [0.4, 0.5) is 18.0 Å². The molecule has 33 heavy (non-hydrogen) atoms. The average Bonchev–Trinajstić information content (AvgIpc) is 2.70. The number of nitrogens with zero attached hydrogens (tertiary/aromatic N) is 1. The summed E-state index contributed by atoms with van der Waals surface area (Å²) in [7, 11) is 0. The van der Waals surface area contributed by atoms with Gasteiger partial charge in [0.15, 0.2) is 0 Å². The number of hydrogen-bond donors (Lipinski definition) is 0. The Morgan fingerprint density at radius 1 is 1.27 bits per heavy atom. The van der Waals surface area contributed by atoms with Crippen LogP contribution in [0.1, 0.15) is 30.0 Å². The van der Waals surface area contributed by atoms with E-state index in [1.165, 1.54) is 13.0 Å². The number of halogens is 4. The number of hydrogen-bond acceptors (Lipinski definition) is 9. The summed E-state index contributed by atoms with van der Waals surface area (Å²) in [6.07, 6.45) is -8.77. The van der Waals surface area contributed by atoms with Gasteiger partial charge in [0.05, 0.1) is 12.2 Å². The lowest BCUT2D eigenvalue weighted by Crippen LogP contribution is -2.41. The second-order valence-electron chi connectivity index (χ2n) is 6.90. The summed E-state index contributed by atoms with van der Waals surface area (Å²) in [6, 6.07) is 1.33. The summed E-state index contributed by atoms with van der Waals surface area (Å²) < 4.78 is 59.2. The third-order valence-corrected chi connectivity index (χ3v) is 5.01. The molecule has 14 heteroatoms. The van der Waals surface area contributed by atoms with Gasteiger partial charge in [0.2, 0.25) is 12.9 Å². The maximum absolute atomic E-state index is 13.5. The zero-order valence-electron chi connectivity index (χ0n) is 17.6. The number of ether oxygens (including phenoxy) is 4. The minimum Gasteiger partial charge on any atom is -0.475 e. The largest absolute Gasteiger partial charge is 0.511 e. The van der Waals surface area contributed by atoms with Crippen LogP contribution in [0.5, 0.6) is 5.75 Å². The lowest BCUT2D eigenvalue weighted by Gasteiger charge is -2.29. The van der Waals surface area contributed by atoms with Crippen molar-refractivity contribution in [2.45, 2.75) is 45.6 Å². The molecule has 1 unspecified atom stereocenters. The standard InChI is InChI=1S/C19H19ClF3NO9/c1-9-6-14-12(11(3)15(9)20)7-13(16(32-14)19(21,22)23)17(25)30-8-31-18(26)29-5-4-10(2)33-24(27)28/h6-7,10,16H,4-5,8H2,1-3H3/t10?,16-/m0/s1. The Bertz CT molecular complexity index is 965. The number of alkyl halides is 3. The second kappa shape index (κ2) is 10.6. The highest BCUT2D eigenvalue weighted by Crippen LogP contribution is 2.41. The van der Waals surface area contributed by atoms with Crippen molar-refractivity contribution < 1.29 is 51.6 Å². The summed E-state index contributed by atoms with van der Waals surface area (Å²) in [5.41, 5.74) is 0.234. The Morgan fingerprint density at radius 3 is 2.55 bits per heavy atom. The molecule has 1 aromatic rings. The van der Waals surface area contributed by atoms with E-state index >= 15 is 0 Å². The SMILES string of the molecule is Cc1cc2c(c(C)c1Cl)C=C(C(=O)OCOC(=O)OCCC(C)O[N+](=O)[O-])[C@@H](C(F)(F)F)O2. The van der Waals surface area contributed by atoms with Gasteiger partial charge in [-0.1, -0.05) is 11.6 Å². The molecule has 0 bridgehead atoms. The van der Waals surface area contributed by atoms with Gasteiger partial charge < -0.3 is 23.8 Å². The molecule has 0 aliphatic carbocycles. The lowest BCUT2D eigenvalue weighted by atomic mass is 9.96. The van der Waals surface area contributed by atoms with E-state index in [1.807, 2.05) is 0 Å². The van der Waals surface area contributed by atoms with Crippen molar-refractivity contribution in [2.75, 3.05) is 13.4 Å². The summed E-state index contributed by atoms with van der Waals surface area (Å²) in [5.74, 6) is -1.52. The first-order valence-corrected chi connectivity index (χ1v) is 9.71. The molecule has 1 aliphatic rings. The van der Waals surface area contributed by atoms with Crippen molar-refractivity contribution in [3.63, 3.8) is 0 Å². The van der Waals surface area contributed by atoms with E-state index in [9.17, 15) is 32.9 Å². The summed E-state index contributed by atoms with van der Waals surface area (Å²) in [6.45, 7) is 3.17. The molecule has 0 amide bonds. The molecule has 1 aliphatic heterocycles. The Labute approximate surface area is 190 Å². The van der Waals surface area contributed by atoms with Crippen LogP contribution in [0.15, 0.2) is 11.6 Å². The zero-order chi connectivity index (χ0) is 24.9. The first-order valence-electron chi connectivity index (χ1n) is 9.33. The highest BCUT2D eigenvalue weighted by atomic mass is 35.5. The van der Waals surface area contributed by atoms with Gasteiger partial charge >= 0.3 is 18.3 Å². The van der Waals surface area contributed by atoms with Crippen molar-refractivity contribution in [3.05, 3.63) is 43.5 Å². The third kappa shape index (κ3) is 6.88. The summed E-state index contributed by atoms with van der Waals surface area (Å²) >= 11 is 6.14. The predicted octanol–water partition coefficient (Wildman–Crippen LogP) is 4.30. The molecule has 2 atom stereocenters. The Morgan fingerprint density at radius 2 is 1.94 bits per heavy atom. The van der Waals surface area contributed by atoms with E-state index in [0.717, 1.165) is 6.08 Å². The minimum atomic E-state index is -4.94. The highest BCUT2D eigenvalue weighted by Gasteiger charge is 2.49. The highest BCUT2D eigenvalue weighted by molar-refractivity contribution is 6.32. The van der Waals surface area contributed by atoms with Crippen molar-refractivity contribution in [2.24, 2.45) is 0 Å². The number of rotatable bonds is 8. The fourth-order valence-electron chi connectivity index (χ4n) is 2.81. The van der Waals surface area contributed by atoms with Crippen molar-refractivity contribution >= 4 is 29.8 Å². The van der Waals surface area contributed by atoms with E-state index < -0.39 is 48.0 Å². The molecule has 2 rings (SSSR count). The lowest BCUT2D eigenvalue weighted by molar-refractivity contribution is -0.767. The van der Waals surface area contributed by atoms with E-state index in [0.29, 0.717) is 16.1 Å². The van der Waals surface area contributed by atoms with Gasteiger partial charge in [-0.3, -0.25) is 0 Å². The van der Waals surface area contributed by atoms with Crippen molar-refractivity contribution in [3.8, 4) is 5.75 Å². The van der Waals surface area contributed by atoms with Crippen LogP contribution in [0.25, 0.3) is 6.08 Å². The van der Waals surface area contributed by atoms with Gasteiger partial charge in [0.25, 0.3) is 5.09 Å².